The molecule has 0 N–H and O–H groups in total. The van der Waals surface area contributed by atoms with Gasteiger partial charge in [-0.05, 0) is 30.9 Å². The Hall–Kier alpha value is -2.69. The highest BCUT2D eigenvalue weighted by atomic mass is 32.2. The summed E-state index contributed by atoms with van der Waals surface area (Å²) in [4.78, 5) is 24.5. The van der Waals surface area contributed by atoms with Gasteiger partial charge in [0.1, 0.15) is 16.2 Å². The van der Waals surface area contributed by atoms with E-state index in [4.69, 9.17) is 5.26 Å². The second-order valence-electron chi connectivity index (χ2n) is 7.09. The normalized spacial score (nSPS) is 13.1. The van der Waals surface area contributed by atoms with E-state index in [1.807, 2.05) is 35.0 Å². The van der Waals surface area contributed by atoms with E-state index in [2.05, 4.69) is 16.0 Å². The Balaban J connectivity index is 1.44. The average Bonchev–Trinajstić information content (AvgIpc) is 3.43. The Labute approximate surface area is 176 Å². The van der Waals surface area contributed by atoms with Crippen LogP contribution >= 0.6 is 23.1 Å². The minimum absolute atomic E-state index is 0.0838. The molecule has 1 aliphatic carbocycles. The van der Waals surface area contributed by atoms with Crippen LogP contribution in [0.3, 0.4) is 0 Å². The molecule has 5 rings (SSSR count). The van der Waals surface area contributed by atoms with E-state index < -0.39 is 0 Å². The molecule has 3 heterocycles. The zero-order valence-electron chi connectivity index (χ0n) is 15.7. The molecule has 4 aromatic rings. The maximum absolute atomic E-state index is 13.1. The van der Waals surface area contributed by atoms with Crippen molar-refractivity contribution in [2.24, 2.45) is 0 Å². The quantitative estimate of drug-likeness (QED) is 0.250. The zero-order valence-corrected chi connectivity index (χ0v) is 17.4. The number of thioether (sulfide) groups is 1. The Bertz CT molecular complexity index is 1280. The number of rotatable bonds is 6. The van der Waals surface area contributed by atoms with Crippen LogP contribution in [0.2, 0.25) is 0 Å². The van der Waals surface area contributed by atoms with Crippen molar-refractivity contribution >= 4 is 50.0 Å². The van der Waals surface area contributed by atoms with E-state index in [9.17, 15) is 4.79 Å². The molecule has 0 aliphatic heterocycles. The highest BCUT2D eigenvalue weighted by molar-refractivity contribution is 8.00. The van der Waals surface area contributed by atoms with Gasteiger partial charge in [0.05, 0.1) is 18.2 Å². The summed E-state index contributed by atoms with van der Waals surface area (Å²) in [6.07, 6.45) is 7.32. The van der Waals surface area contributed by atoms with E-state index >= 15 is 0 Å². The Morgan fingerprint density at radius 1 is 1.28 bits per heavy atom. The molecule has 0 atom stereocenters. The van der Waals surface area contributed by atoms with E-state index in [1.54, 1.807) is 17.7 Å². The van der Waals surface area contributed by atoms with Gasteiger partial charge in [0, 0.05) is 39.5 Å². The minimum atomic E-state index is 0.0838. The number of aromatic nitrogens is 3. The van der Waals surface area contributed by atoms with Crippen molar-refractivity contribution in [1.82, 2.24) is 14.5 Å². The average molecular weight is 419 g/mol. The predicted octanol–water partition coefficient (Wildman–Crippen LogP) is 5.02. The first-order chi connectivity index (χ1) is 14.3. The Morgan fingerprint density at radius 3 is 3.07 bits per heavy atom. The topological polar surface area (TPSA) is 71.6 Å². The molecule has 1 aromatic carbocycles. The lowest BCUT2D eigenvalue weighted by atomic mass is 10.1. The summed E-state index contributed by atoms with van der Waals surface area (Å²) in [6.45, 7) is 0.588. The molecular weight excluding hydrogens is 400 g/mol. The number of fused-ring (bicyclic) bond motifs is 4. The number of nitriles is 1. The van der Waals surface area contributed by atoms with Crippen LogP contribution in [0.15, 0.2) is 41.8 Å². The fourth-order valence-corrected chi connectivity index (χ4v) is 6.25. The van der Waals surface area contributed by atoms with Crippen LogP contribution in [0.5, 0.6) is 0 Å². The number of carbonyl (C=O) groups excluding carboxylic acids is 1. The van der Waals surface area contributed by atoms with Crippen molar-refractivity contribution in [3.63, 3.8) is 0 Å². The van der Waals surface area contributed by atoms with Gasteiger partial charge >= 0.3 is 0 Å². The van der Waals surface area contributed by atoms with E-state index in [-0.39, 0.29) is 5.78 Å². The number of Topliss-reactive ketones (excluding diaryl/α,β-unsaturated/α-hetero) is 1. The number of para-hydroxylation sites is 1. The van der Waals surface area contributed by atoms with Gasteiger partial charge in [-0.2, -0.15) is 5.26 Å². The molecule has 0 fully saturated rings. The third kappa shape index (κ3) is 3.22. The summed E-state index contributed by atoms with van der Waals surface area (Å²) in [5.41, 5.74) is 3.09. The highest BCUT2D eigenvalue weighted by Gasteiger charge is 2.22. The third-order valence-electron chi connectivity index (χ3n) is 5.36. The molecular formula is C22H18N4OS2. The fraction of sp³-hybridized carbons (Fsp3) is 0.273. The molecule has 3 aromatic heterocycles. The summed E-state index contributed by atoms with van der Waals surface area (Å²) in [5.74, 6) is 0.420. The summed E-state index contributed by atoms with van der Waals surface area (Å²) < 4.78 is 2.01. The van der Waals surface area contributed by atoms with Gasteiger partial charge in [0.25, 0.3) is 0 Å². The molecule has 29 heavy (non-hydrogen) atoms. The number of aryl methyl sites for hydroxylation is 3. The second kappa shape index (κ2) is 7.62. The first-order valence-corrected chi connectivity index (χ1v) is 11.4. The minimum Gasteiger partial charge on any atom is -0.346 e. The molecule has 0 spiro atoms. The number of hydrogen-bond donors (Lipinski definition) is 0. The molecule has 1 aliphatic rings. The van der Waals surface area contributed by atoms with Gasteiger partial charge in [0.15, 0.2) is 5.78 Å². The number of benzene rings is 1. The van der Waals surface area contributed by atoms with Gasteiger partial charge in [-0.1, -0.05) is 30.0 Å². The van der Waals surface area contributed by atoms with Gasteiger partial charge < -0.3 is 4.57 Å². The predicted molar refractivity (Wildman–Crippen MR) is 117 cm³/mol. The maximum atomic E-state index is 13.1. The zero-order chi connectivity index (χ0) is 19.8. The molecule has 5 nitrogen and oxygen atoms in total. The molecule has 7 heteroatoms. The molecule has 0 saturated heterocycles. The summed E-state index contributed by atoms with van der Waals surface area (Å²) in [7, 11) is 0. The first kappa shape index (κ1) is 18.3. The number of nitrogens with zero attached hydrogens (tertiary/aromatic N) is 4. The molecule has 0 saturated carbocycles. The number of ketones is 1. The van der Waals surface area contributed by atoms with Crippen molar-refractivity contribution in [2.45, 2.75) is 37.3 Å². The summed E-state index contributed by atoms with van der Waals surface area (Å²) >= 11 is 3.27. The number of thiophene rings is 1. The van der Waals surface area contributed by atoms with Crippen LogP contribution in [-0.2, 0) is 19.4 Å². The Kier molecular flexibility index (Phi) is 4.82. The lowest BCUT2D eigenvalue weighted by Crippen LogP contribution is -2.03. The molecule has 0 radical (unpaired) electrons. The van der Waals surface area contributed by atoms with Gasteiger partial charge in [0.2, 0.25) is 0 Å². The van der Waals surface area contributed by atoms with E-state index in [0.717, 1.165) is 39.0 Å². The van der Waals surface area contributed by atoms with E-state index in [1.165, 1.54) is 28.6 Å². The van der Waals surface area contributed by atoms with Crippen LogP contribution < -0.4 is 0 Å². The van der Waals surface area contributed by atoms with Crippen molar-refractivity contribution in [2.75, 3.05) is 5.75 Å². The molecule has 0 amide bonds. The monoisotopic (exact) mass is 418 g/mol. The van der Waals surface area contributed by atoms with Crippen LogP contribution in [0.1, 0.15) is 33.6 Å². The lowest BCUT2D eigenvalue weighted by Gasteiger charge is -2.03. The summed E-state index contributed by atoms with van der Waals surface area (Å²) in [5, 5.41) is 11.9. The Morgan fingerprint density at radius 2 is 2.17 bits per heavy atom. The van der Waals surface area contributed by atoms with E-state index in [0.29, 0.717) is 24.3 Å². The highest BCUT2D eigenvalue weighted by Crippen LogP contribution is 2.40. The van der Waals surface area contributed by atoms with Crippen LogP contribution in [0.25, 0.3) is 21.1 Å². The van der Waals surface area contributed by atoms with Crippen molar-refractivity contribution < 1.29 is 4.79 Å². The maximum Gasteiger partial charge on any atom is 0.175 e. The van der Waals surface area contributed by atoms with Gasteiger partial charge in [-0.25, -0.2) is 9.97 Å². The molecule has 0 bridgehead atoms. The molecule has 144 valence electrons. The first-order valence-electron chi connectivity index (χ1n) is 9.62. The number of hydrogen-bond acceptors (Lipinski definition) is 6. The fourth-order valence-electron chi connectivity index (χ4n) is 4.05. The van der Waals surface area contributed by atoms with Gasteiger partial charge in [-0.3, -0.25) is 4.79 Å². The second-order valence-corrected chi connectivity index (χ2v) is 9.14. The SMILES string of the molecule is N#CCCn1cc(C(=O)CSc2ncnc3sc4c(c23)CCC4)c2ccccc21. The van der Waals surface area contributed by atoms with Crippen LogP contribution in [0, 0.1) is 11.3 Å². The standard InChI is InChI=1S/C22H18N4OS2/c23-9-4-10-26-11-16(14-5-1-2-7-17(14)26)18(27)12-28-21-20-15-6-3-8-19(15)29-22(20)25-13-24-21/h1-2,5,7,11,13H,3-4,6,8,10,12H2. The lowest BCUT2D eigenvalue weighted by molar-refractivity contribution is 0.102. The van der Waals surface area contributed by atoms with Crippen molar-refractivity contribution in [3.8, 4) is 6.07 Å². The number of carbonyl (C=O) groups is 1. The third-order valence-corrected chi connectivity index (χ3v) is 7.55. The van der Waals surface area contributed by atoms with Crippen molar-refractivity contribution in [1.29, 1.82) is 5.26 Å². The summed E-state index contributed by atoms with van der Waals surface area (Å²) in [6, 6.07) is 10.1. The van der Waals surface area contributed by atoms with Crippen LogP contribution in [-0.4, -0.2) is 26.1 Å². The van der Waals surface area contributed by atoms with Gasteiger partial charge in [-0.15, -0.1) is 11.3 Å². The largest absolute Gasteiger partial charge is 0.346 e. The molecule has 0 unspecified atom stereocenters. The van der Waals surface area contributed by atoms with Crippen molar-refractivity contribution in [3.05, 3.63) is 52.8 Å². The smallest absolute Gasteiger partial charge is 0.175 e. The van der Waals surface area contributed by atoms with Crippen LogP contribution in [0.4, 0.5) is 0 Å².